The van der Waals surface area contributed by atoms with Gasteiger partial charge in [0.05, 0.1) is 18.6 Å². The van der Waals surface area contributed by atoms with Crippen molar-refractivity contribution in [2.75, 3.05) is 27.3 Å². The monoisotopic (exact) mass is 1670 g/mol. The average molecular weight is 1670 g/mol. The number of alkyl carbamates (subject to hydrolysis) is 1. The third-order valence-electron chi connectivity index (χ3n) is 21.7. The van der Waals surface area contributed by atoms with Crippen LogP contribution in [0.3, 0.4) is 0 Å². The zero-order chi connectivity index (χ0) is 88.6. The first kappa shape index (κ1) is 101. The highest BCUT2D eigenvalue weighted by Crippen LogP contribution is 2.39. The van der Waals surface area contributed by atoms with E-state index in [9.17, 15) is 43.2 Å². The molecule has 0 aromatic heterocycles. The van der Waals surface area contributed by atoms with E-state index in [4.69, 9.17) is 37.6 Å². The van der Waals surface area contributed by atoms with Crippen LogP contribution >= 0.6 is 0 Å². The summed E-state index contributed by atoms with van der Waals surface area (Å²) in [4.78, 5) is 120. The van der Waals surface area contributed by atoms with E-state index in [1.807, 2.05) is 118 Å². The van der Waals surface area contributed by atoms with E-state index in [1.165, 1.54) is 17.1 Å². The molecule has 652 valence electrons. The van der Waals surface area contributed by atoms with Crippen molar-refractivity contribution in [3.05, 3.63) is 169 Å². The van der Waals surface area contributed by atoms with Crippen molar-refractivity contribution in [2.24, 2.45) is 17.8 Å². The molecule has 24 nitrogen and oxygen atoms in total. The summed E-state index contributed by atoms with van der Waals surface area (Å²) in [6, 6.07) is 25.9. The Hall–Kier alpha value is -9.06. The number of esters is 2. The molecule has 2 aliphatic rings. The average Bonchev–Trinajstić information content (AvgIpc) is 0.807. The summed E-state index contributed by atoms with van der Waals surface area (Å²) >= 11 is 0. The maximum absolute atomic E-state index is 14.4. The number of carbonyl (C=O) groups is 9. The molecule has 0 bridgehead atoms. The molecule has 6 rings (SSSR count). The van der Waals surface area contributed by atoms with E-state index >= 15 is 0 Å². The fourth-order valence-corrected chi connectivity index (χ4v) is 14.5. The summed E-state index contributed by atoms with van der Waals surface area (Å²) in [5.41, 5.74) is 10.5. The number of aliphatic carboxylic acids is 1. The molecule has 0 unspecified atom stereocenters. The van der Waals surface area contributed by atoms with Gasteiger partial charge < -0.3 is 53.6 Å². The van der Waals surface area contributed by atoms with Crippen LogP contribution in [-0.2, 0) is 74.9 Å². The number of Topliss-reactive ketones (excluding diaryl/α,β-unsaturated/α-hetero) is 1. The van der Waals surface area contributed by atoms with Gasteiger partial charge in [0.1, 0.15) is 65.3 Å². The van der Waals surface area contributed by atoms with E-state index in [1.54, 1.807) is 73.0 Å². The van der Waals surface area contributed by atoms with Crippen LogP contribution in [-0.4, -0.2) is 160 Å². The van der Waals surface area contributed by atoms with Crippen molar-refractivity contribution in [2.45, 2.75) is 284 Å². The van der Waals surface area contributed by atoms with Gasteiger partial charge in [0.25, 0.3) is 11.8 Å². The molecular formula is C92H139N7O17Si2. The largest absolute Gasteiger partial charge is 0.543 e. The molecule has 0 aliphatic carbocycles. The van der Waals surface area contributed by atoms with Crippen molar-refractivity contribution in [1.82, 2.24) is 36.8 Å². The third-order valence-corrected chi connectivity index (χ3v) is 30.4. The smallest absolute Gasteiger partial charge is 0.408 e. The van der Waals surface area contributed by atoms with E-state index in [-0.39, 0.29) is 83.8 Å². The Kier molecular flexibility index (Phi) is 40.9. The summed E-state index contributed by atoms with van der Waals surface area (Å²) in [5, 5.41) is 19.8. The molecule has 2 fully saturated rings. The molecule has 5 amide bonds. The van der Waals surface area contributed by atoms with Crippen molar-refractivity contribution in [3.63, 3.8) is 0 Å². The van der Waals surface area contributed by atoms with Gasteiger partial charge in [-0.15, -0.1) is 13.2 Å². The summed E-state index contributed by atoms with van der Waals surface area (Å²) in [5.74, 6) is -3.29. The molecule has 4 aromatic carbocycles. The number of rotatable bonds is 39. The van der Waals surface area contributed by atoms with Crippen LogP contribution < -0.4 is 35.7 Å². The van der Waals surface area contributed by atoms with Gasteiger partial charge in [-0.25, -0.2) is 15.6 Å². The number of benzene rings is 4. The Bertz CT molecular complexity index is 3990. The normalized spacial score (nSPS) is 16.6. The van der Waals surface area contributed by atoms with Crippen LogP contribution in [0.5, 0.6) is 11.5 Å². The predicted molar refractivity (Wildman–Crippen MR) is 471 cm³/mol. The lowest BCUT2D eigenvalue weighted by molar-refractivity contribution is -0.158. The number of carboxylic acid groups (broad SMARTS) is 1. The number of nitrogens with zero attached hydrogens (tertiary/aromatic N) is 2. The summed E-state index contributed by atoms with van der Waals surface area (Å²) in [6.45, 7) is 53.6. The maximum atomic E-state index is 14.4. The first-order valence-electron chi connectivity index (χ1n) is 41.4. The molecule has 2 aliphatic heterocycles. The molecule has 10 atom stereocenters. The Balaban J connectivity index is 0.000000440. The second kappa shape index (κ2) is 47.7. The summed E-state index contributed by atoms with van der Waals surface area (Å²) in [7, 11) is -1.21. The quantitative estimate of drug-likeness (QED) is 0.0105. The number of hydrogen-bond donors (Lipinski definition) is 6. The Labute approximate surface area is 705 Å². The number of allylic oxidation sites excluding steroid dienone is 2. The highest BCUT2D eigenvalue weighted by molar-refractivity contribution is 6.75. The van der Waals surface area contributed by atoms with Gasteiger partial charge in [-0.1, -0.05) is 167 Å². The molecular weight excluding hydrogens is 1530 g/mol. The molecule has 0 saturated carbocycles. The standard InChI is InChI=1S/C44H65N3O7Si.C40H60N4O7Si.C8H14O3/c1-12-14-21-36(52-9)28-35(48)29-38(30(3)4)41(49)45-40(27-33-19-16-22-37(26-33)54-55(10,11)44(6,7)8)42(50)47-24-17-23-39(46-47)43(51)53-31(5)34-20-15-18-32(13-2)25-34;1-13-28-17-14-19-30(23-28)27(4)49-37(47)32-21-16-22-44(43-32)36(46)33(41-35(45)34(26(2)3)42-38(48)50-39(5,6)7)25-29-18-15-20-31(24-29)51-52(11,12)40(8,9)10;1-3-4-5-7(11-2)6-8(9)10/h12-13,15-16,18-20,22,25-26,30-31,36,38-40,46H,1-2,14,17,21,23-24,27-29H2,3-11H3,(H,45,49);13-15,17-20,23-24,26-27,32-34,43H,1,16,21-22,25H2,2-12H3,(H,41,45)(H,42,48);3,7H,1,4-6H2,2H3,(H,9,10)/t31-,36-,38+,39+,40+;27-,32+,33+,34+;7-/m111/s1. The number of amides is 5. The van der Waals surface area contributed by atoms with Gasteiger partial charge in [0.2, 0.25) is 28.4 Å². The summed E-state index contributed by atoms with van der Waals surface area (Å²) < 4.78 is 40.7. The van der Waals surface area contributed by atoms with E-state index in [0.29, 0.717) is 56.7 Å². The zero-order valence-electron chi connectivity index (χ0n) is 74.3. The topological polar surface area (TPSA) is 305 Å². The fourth-order valence-electron chi connectivity index (χ4n) is 12.5. The second-order valence-corrected chi connectivity index (χ2v) is 44.7. The minimum atomic E-state index is -2.16. The number of hydrazine groups is 2. The maximum Gasteiger partial charge on any atom is 0.408 e. The lowest BCUT2D eigenvalue weighted by Crippen LogP contribution is -2.62. The van der Waals surface area contributed by atoms with Crippen LogP contribution in [0.1, 0.15) is 220 Å². The SMILES string of the molecule is C=CCC[C@H](CC(=O)C[C@H](C(=O)N[C@@H](Cc1cccc(O[Si](C)(C)C(C)(C)C)c1)C(=O)N1CCC[C@@H](C(=O)O[C@H](C)c2cccc(C=C)c2)N1)C(C)C)OC.C=CCC[C@H](CC(=O)O)OC.C=Cc1cccc([C@@H](C)OC(=O)[C@@H]2CCCN(C(=O)[C@H](Cc3cccc(O[Si](C)(C)C(C)(C)C)c3)NC(=O)[C@@H](NC(=O)OC(C)(C)C)C(C)C)N2)c1. The van der Waals surface area contributed by atoms with Crippen molar-refractivity contribution in [1.29, 1.82) is 0 Å². The number of ketones is 1. The Morgan fingerprint density at radius 1 is 0.542 bits per heavy atom. The lowest BCUT2D eigenvalue weighted by atomic mass is 9.87. The van der Waals surface area contributed by atoms with Gasteiger partial charge in [-0.2, -0.15) is 0 Å². The third kappa shape index (κ3) is 34.0. The summed E-state index contributed by atoms with van der Waals surface area (Å²) in [6.07, 6.45) is 10.4. The fraction of sp³-hybridized carbons (Fsp3) is 0.554. The number of hydrogen-bond acceptors (Lipinski definition) is 18. The molecule has 118 heavy (non-hydrogen) atoms. The number of carbonyl (C=O) groups excluding carboxylic acids is 8. The van der Waals surface area contributed by atoms with Crippen LogP contribution in [0.15, 0.2) is 136 Å². The van der Waals surface area contributed by atoms with E-state index in [2.05, 4.69) is 121 Å². The van der Waals surface area contributed by atoms with E-state index in [0.717, 1.165) is 52.6 Å². The van der Waals surface area contributed by atoms with Crippen molar-refractivity contribution in [3.8, 4) is 11.5 Å². The highest BCUT2D eigenvalue weighted by Gasteiger charge is 2.43. The molecule has 2 saturated heterocycles. The molecule has 0 radical (unpaired) electrons. The van der Waals surface area contributed by atoms with Gasteiger partial charge in [0, 0.05) is 58.9 Å². The first-order valence-corrected chi connectivity index (χ1v) is 47.2. The van der Waals surface area contributed by atoms with Crippen LogP contribution in [0, 0.1) is 17.8 Å². The minimum absolute atomic E-state index is 0.0151. The molecule has 6 N–H and O–H groups in total. The number of carboxylic acids is 1. The van der Waals surface area contributed by atoms with E-state index < -0.39 is 106 Å². The van der Waals surface area contributed by atoms with Crippen molar-refractivity contribution < 1.29 is 80.8 Å². The number of ether oxygens (including phenoxy) is 5. The molecule has 4 aromatic rings. The van der Waals surface area contributed by atoms with Crippen molar-refractivity contribution >= 4 is 82.2 Å². The van der Waals surface area contributed by atoms with Gasteiger partial charge in [-0.3, -0.25) is 48.4 Å². The Morgan fingerprint density at radius 2 is 0.949 bits per heavy atom. The second-order valence-electron chi connectivity index (χ2n) is 35.3. The predicted octanol–water partition coefficient (Wildman–Crippen LogP) is 16.7. The molecule has 0 spiro atoms. The number of methoxy groups -OCH3 is 2. The van der Waals surface area contributed by atoms with Crippen LogP contribution in [0.2, 0.25) is 36.3 Å². The lowest BCUT2D eigenvalue weighted by Gasteiger charge is -2.37. The van der Waals surface area contributed by atoms with Gasteiger partial charge in [0.15, 0.2) is 0 Å². The highest BCUT2D eigenvalue weighted by atomic mass is 28.4. The first-order chi connectivity index (χ1) is 55.2. The van der Waals surface area contributed by atoms with Crippen LogP contribution in [0.25, 0.3) is 12.2 Å². The number of nitrogens with one attached hydrogen (secondary N) is 5. The van der Waals surface area contributed by atoms with Gasteiger partial charge in [-0.05, 0) is 204 Å². The zero-order valence-corrected chi connectivity index (χ0v) is 76.3. The van der Waals surface area contributed by atoms with Crippen LogP contribution in [0.4, 0.5) is 4.79 Å². The Morgan fingerprint density at radius 3 is 1.31 bits per heavy atom. The molecule has 2 heterocycles. The minimum Gasteiger partial charge on any atom is -0.543 e. The molecule has 26 heteroatoms. The van der Waals surface area contributed by atoms with Gasteiger partial charge >= 0.3 is 24.0 Å².